The Hall–Kier alpha value is -3.92. The van der Waals surface area contributed by atoms with Gasteiger partial charge in [0.2, 0.25) is 0 Å². The molecule has 0 aromatic heterocycles. The monoisotopic (exact) mass is 699 g/mol. The number of carbonyl (C=O) groups excluding carboxylic acids is 3. The molecule has 50 heavy (non-hydrogen) atoms. The second kappa shape index (κ2) is 16.4. The molecule has 0 N–H and O–H groups in total. The molecular weight excluding hydrogens is 654 g/mol. The van der Waals surface area contributed by atoms with Crippen LogP contribution in [0.15, 0.2) is 59.6 Å². The zero-order valence-electron chi connectivity index (χ0n) is 29.2. The van der Waals surface area contributed by atoms with Crippen molar-refractivity contribution in [2.24, 2.45) is 4.99 Å². The van der Waals surface area contributed by atoms with Gasteiger partial charge in [0.05, 0.1) is 19.8 Å². The van der Waals surface area contributed by atoms with Gasteiger partial charge in [0.25, 0.3) is 0 Å². The van der Waals surface area contributed by atoms with Crippen molar-refractivity contribution < 1.29 is 61.8 Å². The molecule has 0 unspecified atom stereocenters. The second-order valence-corrected chi connectivity index (χ2v) is 12.7. The highest BCUT2D eigenvalue weighted by Gasteiger charge is 2.58. The number of methoxy groups -OCH3 is 1. The van der Waals surface area contributed by atoms with Crippen LogP contribution in [0.2, 0.25) is 0 Å². The summed E-state index contributed by atoms with van der Waals surface area (Å²) in [6.45, 7) is 9.02. The summed E-state index contributed by atoms with van der Waals surface area (Å²) in [7, 11) is 1.56. The Bertz CT molecular complexity index is 1480. The Kier molecular flexibility index (Phi) is 12.2. The third kappa shape index (κ3) is 9.44. The third-order valence-electron chi connectivity index (χ3n) is 8.30. The normalized spacial score (nSPS) is 31.8. The number of carbonyl (C=O) groups is 3. The molecule has 14 heteroatoms. The van der Waals surface area contributed by atoms with E-state index in [-0.39, 0.29) is 13.2 Å². The molecule has 10 atom stereocenters. The van der Waals surface area contributed by atoms with E-state index in [4.69, 9.17) is 52.4 Å². The standard InChI is InChI=1S/C36H45NO13/c1-20-29(32-33(50-36(5,6)49-32)35(44-20)43-18-25-11-9-8-10-12-25)48-34-28(37-17-24-13-15-26(41-7)16-14-24)31(46-23(4)40)30(45-22(3)39)27(47-34)19-42-21(2)38/h8-17,20,27-35H,18-19H2,1-7H3/t20-,27+,28+,29-,30-,31+,32+,33+,34+,35+/m0/s1. The van der Waals surface area contributed by atoms with E-state index < -0.39 is 85.0 Å². The van der Waals surface area contributed by atoms with Gasteiger partial charge in [-0.25, -0.2) is 0 Å². The van der Waals surface area contributed by atoms with Crippen LogP contribution in [0.3, 0.4) is 0 Å². The van der Waals surface area contributed by atoms with Crippen LogP contribution in [-0.4, -0.2) is 105 Å². The molecule has 2 aromatic rings. The van der Waals surface area contributed by atoms with Crippen LogP contribution in [0.25, 0.3) is 0 Å². The number of hydrogen-bond acceptors (Lipinski definition) is 14. The maximum absolute atomic E-state index is 12.5. The topological polar surface area (TPSA) is 156 Å². The van der Waals surface area contributed by atoms with Crippen molar-refractivity contribution >= 4 is 24.1 Å². The summed E-state index contributed by atoms with van der Waals surface area (Å²) in [4.78, 5) is 41.4. The van der Waals surface area contributed by atoms with Gasteiger partial charge in [-0.3, -0.25) is 19.4 Å². The van der Waals surface area contributed by atoms with Gasteiger partial charge in [-0.2, -0.15) is 0 Å². The SMILES string of the molecule is COc1ccc(C=N[C@H]2[C@@H](O[C@@H]3[C@H]4OC(C)(C)O[C@H]4[C@H](OCc4ccccc4)O[C@H]3C)O[C@H](COC(C)=O)[C@H](OC(C)=O)[C@@H]2OC(C)=O)cc1. The van der Waals surface area contributed by atoms with Crippen LogP contribution >= 0.6 is 0 Å². The van der Waals surface area contributed by atoms with Gasteiger partial charge in [0.1, 0.15) is 42.8 Å². The smallest absolute Gasteiger partial charge is 0.303 e. The Morgan fingerprint density at radius 1 is 0.820 bits per heavy atom. The van der Waals surface area contributed by atoms with Crippen molar-refractivity contribution in [2.45, 2.75) is 115 Å². The highest BCUT2D eigenvalue weighted by Crippen LogP contribution is 2.41. The number of hydrogen-bond donors (Lipinski definition) is 0. The zero-order chi connectivity index (χ0) is 36.0. The van der Waals surface area contributed by atoms with Crippen molar-refractivity contribution in [3.05, 3.63) is 65.7 Å². The van der Waals surface area contributed by atoms with Gasteiger partial charge < -0.3 is 47.4 Å². The molecule has 3 heterocycles. The van der Waals surface area contributed by atoms with Crippen molar-refractivity contribution in [2.75, 3.05) is 13.7 Å². The first-order chi connectivity index (χ1) is 23.8. The van der Waals surface area contributed by atoms with E-state index in [1.807, 2.05) is 37.3 Å². The fraction of sp³-hybridized carbons (Fsp3) is 0.556. The minimum Gasteiger partial charge on any atom is -0.497 e. The quantitative estimate of drug-likeness (QED) is 0.180. The van der Waals surface area contributed by atoms with Crippen LogP contribution in [0, 0.1) is 0 Å². The summed E-state index contributed by atoms with van der Waals surface area (Å²) >= 11 is 0. The minimum absolute atomic E-state index is 0.282. The zero-order valence-corrected chi connectivity index (χ0v) is 29.2. The molecular formula is C36H45NO13. The molecule has 0 spiro atoms. The van der Waals surface area contributed by atoms with E-state index in [1.54, 1.807) is 51.4 Å². The van der Waals surface area contributed by atoms with Gasteiger partial charge in [0, 0.05) is 27.0 Å². The first kappa shape index (κ1) is 37.3. The molecule has 2 aromatic carbocycles. The lowest BCUT2D eigenvalue weighted by Crippen LogP contribution is -2.64. The number of benzene rings is 2. The van der Waals surface area contributed by atoms with Crippen molar-refractivity contribution in [1.82, 2.24) is 0 Å². The first-order valence-corrected chi connectivity index (χ1v) is 16.5. The number of ether oxygens (including phenoxy) is 10. The average Bonchev–Trinajstić information content (AvgIpc) is 3.40. The van der Waals surface area contributed by atoms with Crippen molar-refractivity contribution in [3.63, 3.8) is 0 Å². The van der Waals surface area contributed by atoms with Gasteiger partial charge in [-0.15, -0.1) is 0 Å². The lowest BCUT2D eigenvalue weighted by Gasteiger charge is -2.47. The lowest BCUT2D eigenvalue weighted by molar-refractivity contribution is -0.329. The van der Waals surface area contributed by atoms with Crippen LogP contribution in [0.4, 0.5) is 0 Å². The maximum Gasteiger partial charge on any atom is 0.303 e. The van der Waals surface area contributed by atoms with Crippen LogP contribution in [-0.2, 0) is 63.6 Å². The molecule has 0 bridgehead atoms. The van der Waals surface area contributed by atoms with Crippen LogP contribution in [0.5, 0.6) is 5.75 Å². The number of nitrogens with zero attached hydrogens (tertiary/aromatic N) is 1. The Morgan fingerprint density at radius 3 is 2.12 bits per heavy atom. The van der Waals surface area contributed by atoms with E-state index in [0.717, 1.165) is 5.56 Å². The number of fused-ring (bicyclic) bond motifs is 1. The van der Waals surface area contributed by atoms with E-state index in [2.05, 4.69) is 0 Å². The van der Waals surface area contributed by atoms with Gasteiger partial charge in [-0.05, 0) is 56.2 Å². The summed E-state index contributed by atoms with van der Waals surface area (Å²) in [5.74, 6) is -2.27. The predicted molar refractivity (Wildman–Crippen MR) is 175 cm³/mol. The molecule has 0 saturated carbocycles. The third-order valence-corrected chi connectivity index (χ3v) is 8.30. The van der Waals surface area contributed by atoms with Crippen LogP contribution in [0.1, 0.15) is 52.7 Å². The van der Waals surface area contributed by atoms with Gasteiger partial charge >= 0.3 is 17.9 Å². The second-order valence-electron chi connectivity index (χ2n) is 12.7. The Balaban J connectivity index is 1.48. The number of esters is 3. The molecule has 3 aliphatic rings. The largest absolute Gasteiger partial charge is 0.497 e. The van der Waals surface area contributed by atoms with Crippen LogP contribution < -0.4 is 4.74 Å². The Labute approximate surface area is 291 Å². The minimum atomic E-state index is -1.24. The summed E-state index contributed by atoms with van der Waals surface area (Å²) in [5.41, 5.74) is 1.65. The molecule has 14 nitrogen and oxygen atoms in total. The predicted octanol–water partition coefficient (Wildman–Crippen LogP) is 3.50. The highest BCUT2D eigenvalue weighted by molar-refractivity contribution is 5.80. The molecule has 272 valence electrons. The molecule has 5 rings (SSSR count). The summed E-state index contributed by atoms with van der Waals surface area (Å²) in [6, 6.07) is 15.7. The molecule has 0 aliphatic carbocycles. The molecule has 3 fully saturated rings. The van der Waals surface area contributed by atoms with Gasteiger partial charge in [-0.1, -0.05) is 30.3 Å². The average molecular weight is 700 g/mol. The molecule has 3 saturated heterocycles. The lowest BCUT2D eigenvalue weighted by atomic mass is 9.95. The maximum atomic E-state index is 12.5. The summed E-state index contributed by atoms with van der Waals surface area (Å²) in [6.07, 6.45) is -6.77. The van der Waals surface area contributed by atoms with Crippen molar-refractivity contribution in [3.8, 4) is 5.75 Å². The highest BCUT2D eigenvalue weighted by atomic mass is 16.8. The number of rotatable bonds is 12. The fourth-order valence-corrected chi connectivity index (χ4v) is 6.16. The summed E-state index contributed by atoms with van der Waals surface area (Å²) in [5, 5.41) is 0. The van der Waals surface area contributed by atoms with E-state index in [9.17, 15) is 14.4 Å². The number of aliphatic imine (C=N–C) groups is 1. The van der Waals surface area contributed by atoms with E-state index in [1.165, 1.54) is 20.8 Å². The van der Waals surface area contributed by atoms with Gasteiger partial charge in [0.15, 0.2) is 30.6 Å². The first-order valence-electron chi connectivity index (χ1n) is 16.5. The van der Waals surface area contributed by atoms with Crippen molar-refractivity contribution in [1.29, 1.82) is 0 Å². The molecule has 0 amide bonds. The molecule has 0 radical (unpaired) electrons. The fourth-order valence-electron chi connectivity index (χ4n) is 6.16. The Morgan fingerprint density at radius 2 is 1.48 bits per heavy atom. The molecule has 3 aliphatic heterocycles. The summed E-state index contributed by atoms with van der Waals surface area (Å²) < 4.78 is 60.2. The van der Waals surface area contributed by atoms with E-state index >= 15 is 0 Å². The van der Waals surface area contributed by atoms with E-state index in [0.29, 0.717) is 11.3 Å².